The number of nitrogens with zero attached hydrogens (tertiary/aromatic N) is 1. The SMILES string of the molecule is CCCc1ccc(S(=O)(=O)N2CCC(NC)CC2)cc1.Cl. The molecular weight excluding hydrogens is 308 g/mol. The smallest absolute Gasteiger partial charge is 0.243 e. The van der Waals surface area contributed by atoms with Crippen LogP contribution in [0.25, 0.3) is 0 Å². The van der Waals surface area contributed by atoms with Crippen LogP contribution in [0.5, 0.6) is 0 Å². The number of nitrogens with one attached hydrogen (secondary N) is 1. The van der Waals surface area contributed by atoms with E-state index in [-0.39, 0.29) is 12.4 Å². The predicted octanol–water partition coefficient (Wildman–Crippen LogP) is 2.43. The summed E-state index contributed by atoms with van der Waals surface area (Å²) < 4.78 is 26.7. The molecule has 4 nitrogen and oxygen atoms in total. The summed E-state index contributed by atoms with van der Waals surface area (Å²) in [6, 6.07) is 7.77. The number of hydrogen-bond acceptors (Lipinski definition) is 3. The second kappa shape index (κ2) is 8.13. The van der Waals surface area contributed by atoms with Gasteiger partial charge in [0.1, 0.15) is 0 Å². The van der Waals surface area contributed by atoms with Crippen LogP contribution in [-0.2, 0) is 16.4 Å². The largest absolute Gasteiger partial charge is 0.317 e. The van der Waals surface area contributed by atoms with Crippen molar-refractivity contribution < 1.29 is 8.42 Å². The fraction of sp³-hybridized carbons (Fsp3) is 0.600. The molecule has 0 spiro atoms. The van der Waals surface area contributed by atoms with Crippen molar-refractivity contribution in [2.45, 2.75) is 43.5 Å². The molecule has 0 aromatic heterocycles. The Balaban J connectivity index is 0.00000220. The maximum atomic E-state index is 12.6. The van der Waals surface area contributed by atoms with Gasteiger partial charge >= 0.3 is 0 Å². The molecule has 1 heterocycles. The van der Waals surface area contributed by atoms with Crippen LogP contribution in [0.2, 0.25) is 0 Å². The van der Waals surface area contributed by atoms with Gasteiger partial charge in [-0.05, 0) is 44.0 Å². The van der Waals surface area contributed by atoms with E-state index in [1.54, 1.807) is 16.4 Å². The first-order valence-corrected chi connectivity index (χ1v) is 8.78. The molecule has 120 valence electrons. The molecule has 2 rings (SSSR count). The summed E-state index contributed by atoms with van der Waals surface area (Å²) in [7, 11) is -1.39. The van der Waals surface area contributed by atoms with Gasteiger partial charge < -0.3 is 5.32 Å². The van der Waals surface area contributed by atoms with E-state index < -0.39 is 10.0 Å². The summed E-state index contributed by atoms with van der Waals surface area (Å²) in [6.07, 6.45) is 3.82. The molecule has 0 aliphatic carbocycles. The standard InChI is InChI=1S/C15H24N2O2S.ClH/c1-3-4-13-5-7-15(8-6-13)20(18,19)17-11-9-14(16-2)10-12-17;/h5-8,14,16H,3-4,9-12H2,1-2H3;1H. The van der Waals surface area contributed by atoms with Gasteiger partial charge in [0, 0.05) is 19.1 Å². The van der Waals surface area contributed by atoms with E-state index in [0.29, 0.717) is 24.0 Å². The third-order valence-corrected chi connectivity index (χ3v) is 5.87. The minimum atomic E-state index is -3.32. The molecule has 0 radical (unpaired) electrons. The third-order valence-electron chi connectivity index (χ3n) is 3.96. The van der Waals surface area contributed by atoms with E-state index in [4.69, 9.17) is 0 Å². The van der Waals surface area contributed by atoms with Gasteiger partial charge in [-0.15, -0.1) is 12.4 Å². The Bertz CT molecular complexity index is 523. The molecule has 1 aromatic rings. The zero-order valence-electron chi connectivity index (χ0n) is 12.7. The zero-order chi connectivity index (χ0) is 14.6. The minimum absolute atomic E-state index is 0. The maximum Gasteiger partial charge on any atom is 0.243 e. The van der Waals surface area contributed by atoms with Gasteiger partial charge in [-0.2, -0.15) is 4.31 Å². The van der Waals surface area contributed by atoms with Crippen LogP contribution in [0.3, 0.4) is 0 Å². The molecule has 0 unspecified atom stereocenters. The number of sulfonamides is 1. The van der Waals surface area contributed by atoms with Gasteiger partial charge in [-0.3, -0.25) is 0 Å². The number of rotatable bonds is 5. The van der Waals surface area contributed by atoms with Crippen LogP contribution in [0.1, 0.15) is 31.7 Å². The summed E-state index contributed by atoms with van der Waals surface area (Å²) in [5.74, 6) is 0. The lowest BCUT2D eigenvalue weighted by Crippen LogP contribution is -2.43. The lowest BCUT2D eigenvalue weighted by molar-refractivity contribution is 0.298. The topological polar surface area (TPSA) is 49.4 Å². The first-order valence-electron chi connectivity index (χ1n) is 7.34. The first-order chi connectivity index (χ1) is 9.57. The summed E-state index contributed by atoms with van der Waals surface area (Å²) in [5.41, 5.74) is 1.19. The van der Waals surface area contributed by atoms with Crippen LogP contribution in [-0.4, -0.2) is 38.9 Å². The Hall–Kier alpha value is -0.620. The van der Waals surface area contributed by atoms with Gasteiger partial charge in [-0.1, -0.05) is 25.5 Å². The lowest BCUT2D eigenvalue weighted by atomic mass is 10.1. The summed E-state index contributed by atoms with van der Waals surface area (Å²) in [6.45, 7) is 3.33. The fourth-order valence-corrected chi connectivity index (χ4v) is 4.12. The molecule has 21 heavy (non-hydrogen) atoms. The summed E-state index contributed by atoms with van der Waals surface area (Å²) >= 11 is 0. The second-order valence-corrected chi connectivity index (χ2v) is 7.30. The minimum Gasteiger partial charge on any atom is -0.317 e. The van der Waals surface area contributed by atoms with Crippen molar-refractivity contribution >= 4 is 22.4 Å². The lowest BCUT2D eigenvalue weighted by Gasteiger charge is -2.31. The van der Waals surface area contributed by atoms with Crippen molar-refractivity contribution in [1.29, 1.82) is 0 Å². The highest BCUT2D eigenvalue weighted by Gasteiger charge is 2.28. The van der Waals surface area contributed by atoms with Gasteiger partial charge in [0.05, 0.1) is 4.90 Å². The average Bonchev–Trinajstić information content (AvgIpc) is 2.48. The van der Waals surface area contributed by atoms with Gasteiger partial charge in [0.25, 0.3) is 0 Å². The second-order valence-electron chi connectivity index (χ2n) is 5.36. The Kier molecular flexibility index (Phi) is 7.13. The van der Waals surface area contributed by atoms with Crippen LogP contribution in [0, 0.1) is 0 Å². The van der Waals surface area contributed by atoms with E-state index in [9.17, 15) is 8.42 Å². The highest BCUT2D eigenvalue weighted by Crippen LogP contribution is 2.21. The number of aryl methyl sites for hydroxylation is 1. The Morgan fingerprint density at radius 1 is 1.19 bits per heavy atom. The molecule has 1 aliphatic rings. The van der Waals surface area contributed by atoms with Gasteiger partial charge in [-0.25, -0.2) is 8.42 Å². The Labute approximate surface area is 134 Å². The molecule has 0 atom stereocenters. The van der Waals surface area contributed by atoms with E-state index >= 15 is 0 Å². The molecule has 6 heteroatoms. The van der Waals surface area contributed by atoms with Gasteiger partial charge in [0.15, 0.2) is 0 Å². The monoisotopic (exact) mass is 332 g/mol. The van der Waals surface area contributed by atoms with Crippen molar-refractivity contribution in [2.75, 3.05) is 20.1 Å². The fourth-order valence-electron chi connectivity index (χ4n) is 2.65. The molecule has 0 bridgehead atoms. The number of benzene rings is 1. The van der Waals surface area contributed by atoms with Crippen molar-refractivity contribution in [3.63, 3.8) is 0 Å². The first kappa shape index (κ1) is 18.4. The van der Waals surface area contributed by atoms with E-state index in [2.05, 4.69) is 12.2 Å². The molecule has 1 aliphatic heterocycles. The highest BCUT2D eigenvalue weighted by molar-refractivity contribution is 7.89. The zero-order valence-corrected chi connectivity index (χ0v) is 14.3. The van der Waals surface area contributed by atoms with Crippen LogP contribution < -0.4 is 5.32 Å². The number of hydrogen-bond donors (Lipinski definition) is 1. The van der Waals surface area contributed by atoms with Crippen LogP contribution in [0.15, 0.2) is 29.2 Å². The summed E-state index contributed by atoms with van der Waals surface area (Å²) in [4.78, 5) is 0.417. The van der Waals surface area contributed by atoms with Crippen molar-refractivity contribution in [3.8, 4) is 0 Å². The molecule has 0 saturated carbocycles. The average molecular weight is 333 g/mol. The van der Waals surface area contributed by atoms with E-state index in [0.717, 1.165) is 25.7 Å². The normalized spacial score (nSPS) is 17.4. The number of halogens is 1. The maximum absolute atomic E-state index is 12.6. The van der Waals surface area contributed by atoms with Crippen molar-refractivity contribution in [3.05, 3.63) is 29.8 Å². The molecule has 0 amide bonds. The quantitative estimate of drug-likeness (QED) is 0.901. The van der Waals surface area contributed by atoms with Crippen LogP contribution >= 0.6 is 12.4 Å². The summed E-state index contributed by atoms with van der Waals surface area (Å²) in [5, 5.41) is 3.22. The van der Waals surface area contributed by atoms with Crippen molar-refractivity contribution in [1.82, 2.24) is 9.62 Å². The molecular formula is C15H25ClN2O2S. The van der Waals surface area contributed by atoms with Crippen molar-refractivity contribution in [2.24, 2.45) is 0 Å². The molecule has 1 aromatic carbocycles. The molecule has 1 fully saturated rings. The molecule has 1 N–H and O–H groups in total. The van der Waals surface area contributed by atoms with Crippen LogP contribution in [0.4, 0.5) is 0 Å². The van der Waals surface area contributed by atoms with E-state index in [1.807, 2.05) is 19.2 Å². The molecule has 1 saturated heterocycles. The third kappa shape index (κ3) is 4.42. The predicted molar refractivity (Wildman–Crippen MR) is 88.5 cm³/mol. The van der Waals surface area contributed by atoms with E-state index in [1.165, 1.54) is 5.56 Å². The Morgan fingerprint density at radius 3 is 2.24 bits per heavy atom. The Morgan fingerprint density at radius 2 is 1.76 bits per heavy atom. The van der Waals surface area contributed by atoms with Gasteiger partial charge in [0.2, 0.25) is 10.0 Å². The number of piperidine rings is 1. The highest BCUT2D eigenvalue weighted by atomic mass is 35.5.